The summed E-state index contributed by atoms with van der Waals surface area (Å²) in [6.45, 7) is 4.28. The number of hydrogen-bond donors (Lipinski definition) is 1. The smallest absolute Gasteiger partial charge is 0.147 e. The van der Waals surface area contributed by atoms with Crippen LogP contribution in [0.25, 0.3) is 0 Å². The summed E-state index contributed by atoms with van der Waals surface area (Å²) in [5, 5.41) is 3.52. The molecule has 0 bridgehead atoms. The van der Waals surface area contributed by atoms with E-state index in [-0.39, 0.29) is 0 Å². The molecule has 0 spiro atoms. The van der Waals surface area contributed by atoms with Crippen LogP contribution in [-0.2, 0) is 6.54 Å². The molecule has 4 heteroatoms. The van der Waals surface area contributed by atoms with Gasteiger partial charge in [-0.2, -0.15) is 0 Å². The molecule has 1 aromatic rings. The highest BCUT2D eigenvalue weighted by Crippen LogP contribution is 2.24. The molecule has 1 saturated heterocycles. The normalized spacial score (nSPS) is 23.6. The van der Waals surface area contributed by atoms with Crippen molar-refractivity contribution >= 4 is 5.82 Å². The predicted molar refractivity (Wildman–Crippen MR) is 81.8 cm³/mol. The van der Waals surface area contributed by atoms with Gasteiger partial charge in [0.2, 0.25) is 0 Å². The second-order valence-electron chi connectivity index (χ2n) is 6.13. The number of anilines is 1. The van der Waals surface area contributed by atoms with Crippen LogP contribution < -0.4 is 10.2 Å². The molecule has 0 aromatic carbocycles. The quantitative estimate of drug-likeness (QED) is 0.896. The monoisotopic (exact) mass is 274 g/mol. The lowest BCUT2D eigenvalue weighted by Gasteiger charge is -2.30. The lowest BCUT2D eigenvalue weighted by molar-refractivity contribution is 0.550. The van der Waals surface area contributed by atoms with Crippen molar-refractivity contribution in [3.8, 4) is 0 Å². The standard InChI is InChI=1S/C16H26N4/c1-2-15-6-4-3-5-9-20(15)16-12-17-10-14(19-16)11-18-13-7-8-13/h10,12-13,15,18H,2-9,11H2,1H3. The van der Waals surface area contributed by atoms with Crippen molar-refractivity contribution in [2.75, 3.05) is 11.4 Å². The van der Waals surface area contributed by atoms with E-state index >= 15 is 0 Å². The Bertz CT molecular complexity index is 430. The van der Waals surface area contributed by atoms with Gasteiger partial charge >= 0.3 is 0 Å². The molecule has 4 nitrogen and oxygen atoms in total. The minimum absolute atomic E-state index is 0.637. The summed E-state index contributed by atoms with van der Waals surface area (Å²) in [7, 11) is 0. The van der Waals surface area contributed by atoms with Crippen LogP contribution >= 0.6 is 0 Å². The molecule has 0 radical (unpaired) electrons. The van der Waals surface area contributed by atoms with E-state index in [0.29, 0.717) is 6.04 Å². The van der Waals surface area contributed by atoms with Crippen molar-refractivity contribution < 1.29 is 0 Å². The van der Waals surface area contributed by atoms with Crippen molar-refractivity contribution in [2.45, 2.75) is 70.5 Å². The van der Waals surface area contributed by atoms with E-state index in [1.54, 1.807) is 0 Å². The first-order valence-electron chi connectivity index (χ1n) is 8.17. The van der Waals surface area contributed by atoms with E-state index in [9.17, 15) is 0 Å². The molecule has 1 aliphatic heterocycles. The maximum atomic E-state index is 4.84. The van der Waals surface area contributed by atoms with Crippen molar-refractivity contribution in [3.05, 3.63) is 18.1 Å². The average Bonchev–Trinajstić information content (AvgIpc) is 3.31. The van der Waals surface area contributed by atoms with E-state index in [4.69, 9.17) is 4.98 Å². The van der Waals surface area contributed by atoms with Crippen molar-refractivity contribution in [1.82, 2.24) is 15.3 Å². The van der Waals surface area contributed by atoms with E-state index in [2.05, 4.69) is 22.1 Å². The van der Waals surface area contributed by atoms with Gasteiger partial charge in [0.05, 0.1) is 11.9 Å². The van der Waals surface area contributed by atoms with Crippen LogP contribution in [0.5, 0.6) is 0 Å². The molecule has 1 unspecified atom stereocenters. The molecule has 20 heavy (non-hydrogen) atoms. The van der Waals surface area contributed by atoms with E-state index in [1.165, 1.54) is 44.9 Å². The number of rotatable bonds is 5. The molecular formula is C16H26N4. The molecule has 2 fully saturated rings. The minimum Gasteiger partial charge on any atom is -0.352 e. The van der Waals surface area contributed by atoms with Gasteiger partial charge in [0, 0.05) is 31.4 Å². The fourth-order valence-corrected chi connectivity index (χ4v) is 3.06. The van der Waals surface area contributed by atoms with Crippen molar-refractivity contribution in [3.63, 3.8) is 0 Å². The van der Waals surface area contributed by atoms with E-state index in [1.807, 2.05) is 12.4 Å². The minimum atomic E-state index is 0.637. The molecule has 1 aromatic heterocycles. The summed E-state index contributed by atoms with van der Waals surface area (Å²) in [5.41, 5.74) is 1.08. The molecule has 1 N–H and O–H groups in total. The number of nitrogens with zero attached hydrogens (tertiary/aromatic N) is 3. The zero-order valence-electron chi connectivity index (χ0n) is 12.5. The van der Waals surface area contributed by atoms with Gasteiger partial charge < -0.3 is 10.2 Å². The second kappa shape index (κ2) is 6.53. The summed E-state index contributed by atoms with van der Waals surface area (Å²) in [5.74, 6) is 1.08. The molecule has 2 heterocycles. The number of aromatic nitrogens is 2. The van der Waals surface area contributed by atoms with Crippen molar-refractivity contribution in [1.29, 1.82) is 0 Å². The van der Waals surface area contributed by atoms with Crippen LogP contribution in [0.4, 0.5) is 5.82 Å². The molecular weight excluding hydrogens is 248 g/mol. The summed E-state index contributed by atoms with van der Waals surface area (Å²) < 4.78 is 0. The van der Waals surface area contributed by atoms with Gasteiger partial charge in [0.15, 0.2) is 0 Å². The molecule has 0 amide bonds. The highest BCUT2D eigenvalue weighted by Gasteiger charge is 2.22. The van der Waals surface area contributed by atoms with Crippen LogP contribution in [0, 0.1) is 0 Å². The van der Waals surface area contributed by atoms with Crippen molar-refractivity contribution in [2.24, 2.45) is 0 Å². The molecule has 3 rings (SSSR count). The predicted octanol–water partition coefficient (Wildman–Crippen LogP) is 2.89. The second-order valence-corrected chi connectivity index (χ2v) is 6.13. The highest BCUT2D eigenvalue weighted by atomic mass is 15.2. The topological polar surface area (TPSA) is 41.1 Å². The fourth-order valence-electron chi connectivity index (χ4n) is 3.06. The van der Waals surface area contributed by atoms with Crippen LogP contribution in [-0.4, -0.2) is 28.6 Å². The van der Waals surface area contributed by atoms with Crippen LogP contribution in [0.1, 0.15) is 57.6 Å². The highest BCUT2D eigenvalue weighted by molar-refractivity contribution is 5.38. The zero-order chi connectivity index (χ0) is 13.8. The molecule has 1 atom stereocenters. The van der Waals surface area contributed by atoms with Crippen LogP contribution in [0.15, 0.2) is 12.4 Å². The van der Waals surface area contributed by atoms with E-state index < -0.39 is 0 Å². The fraction of sp³-hybridized carbons (Fsp3) is 0.750. The number of nitrogens with one attached hydrogen (secondary N) is 1. The Morgan fingerprint density at radius 2 is 2.10 bits per heavy atom. The molecule has 110 valence electrons. The van der Waals surface area contributed by atoms with Gasteiger partial charge in [-0.1, -0.05) is 19.8 Å². The summed E-state index contributed by atoms with van der Waals surface area (Å²) in [6, 6.07) is 1.36. The number of hydrogen-bond acceptors (Lipinski definition) is 4. The SMILES string of the molecule is CCC1CCCCCN1c1cncc(CNC2CC2)n1. The Hall–Kier alpha value is -1.16. The molecule has 1 saturated carbocycles. The molecule has 1 aliphatic carbocycles. The summed E-state index contributed by atoms with van der Waals surface area (Å²) in [4.78, 5) is 11.7. The lowest BCUT2D eigenvalue weighted by Crippen LogP contribution is -2.35. The third kappa shape index (κ3) is 3.48. The summed E-state index contributed by atoms with van der Waals surface area (Å²) in [6.07, 6.45) is 13.0. The Balaban J connectivity index is 1.71. The Morgan fingerprint density at radius 1 is 1.20 bits per heavy atom. The van der Waals surface area contributed by atoms with E-state index in [0.717, 1.165) is 30.6 Å². The Morgan fingerprint density at radius 3 is 2.90 bits per heavy atom. The first-order chi connectivity index (χ1) is 9.86. The van der Waals surface area contributed by atoms with Gasteiger partial charge in [0.1, 0.15) is 5.82 Å². The van der Waals surface area contributed by atoms with Gasteiger partial charge in [-0.3, -0.25) is 4.98 Å². The maximum absolute atomic E-state index is 4.84. The van der Waals surface area contributed by atoms with Gasteiger partial charge in [0.25, 0.3) is 0 Å². The first-order valence-corrected chi connectivity index (χ1v) is 8.17. The third-order valence-corrected chi connectivity index (χ3v) is 4.46. The van der Waals surface area contributed by atoms with Crippen LogP contribution in [0.2, 0.25) is 0 Å². The van der Waals surface area contributed by atoms with Crippen LogP contribution in [0.3, 0.4) is 0 Å². The third-order valence-electron chi connectivity index (χ3n) is 4.46. The van der Waals surface area contributed by atoms with Gasteiger partial charge in [-0.25, -0.2) is 4.98 Å². The van der Waals surface area contributed by atoms with Gasteiger partial charge in [-0.15, -0.1) is 0 Å². The first kappa shape index (κ1) is 13.8. The Labute approximate surface area is 122 Å². The molecule has 2 aliphatic rings. The average molecular weight is 274 g/mol. The largest absolute Gasteiger partial charge is 0.352 e. The van der Waals surface area contributed by atoms with Gasteiger partial charge in [-0.05, 0) is 32.1 Å². The summed E-state index contributed by atoms with van der Waals surface area (Å²) >= 11 is 0. The lowest BCUT2D eigenvalue weighted by atomic mass is 10.1. The maximum Gasteiger partial charge on any atom is 0.147 e. The zero-order valence-corrected chi connectivity index (χ0v) is 12.5. The Kier molecular flexibility index (Phi) is 4.51.